The van der Waals surface area contributed by atoms with Crippen LogP contribution in [0.5, 0.6) is 0 Å². The number of halogens is 1. The highest BCUT2D eigenvalue weighted by Gasteiger charge is 2.21. The Kier molecular flexibility index (Phi) is 5.73. The Balaban J connectivity index is 1.65. The molecule has 130 valence electrons. The largest absolute Gasteiger partial charge is 0.339 e. The lowest BCUT2D eigenvalue weighted by molar-refractivity contribution is 0.0697. The van der Waals surface area contributed by atoms with Gasteiger partial charge in [0, 0.05) is 27.9 Å². The molecule has 2 aromatic rings. The molecule has 1 heterocycles. The van der Waals surface area contributed by atoms with Gasteiger partial charge < -0.3 is 10.2 Å². The zero-order chi connectivity index (χ0) is 17.8. The molecule has 0 aromatic heterocycles. The van der Waals surface area contributed by atoms with Gasteiger partial charge >= 0.3 is 0 Å². The van der Waals surface area contributed by atoms with Crippen LogP contribution in [0.15, 0.2) is 48.5 Å². The Morgan fingerprint density at radius 2 is 1.68 bits per heavy atom. The molecule has 1 saturated heterocycles. The van der Waals surface area contributed by atoms with Crippen LogP contribution in [-0.4, -0.2) is 29.8 Å². The fourth-order valence-electron chi connectivity index (χ4n) is 2.93. The molecule has 1 aliphatic rings. The summed E-state index contributed by atoms with van der Waals surface area (Å²) in [6.45, 7) is 3.88. The van der Waals surface area contributed by atoms with Crippen LogP contribution in [0.25, 0.3) is 0 Å². The maximum absolute atomic E-state index is 12.5. The number of carbonyl (C=O) groups excluding carboxylic acids is 2. The molecule has 3 rings (SSSR count). The molecule has 0 saturated carbocycles. The Labute approximate surface area is 161 Å². The molecule has 4 nitrogen and oxygen atoms in total. The molecule has 25 heavy (non-hydrogen) atoms. The van der Waals surface area contributed by atoms with E-state index >= 15 is 0 Å². The van der Waals surface area contributed by atoms with Gasteiger partial charge in [-0.25, -0.2) is 0 Å². The van der Waals surface area contributed by atoms with E-state index < -0.39 is 0 Å². The lowest BCUT2D eigenvalue weighted by atomic mass is 9.98. The van der Waals surface area contributed by atoms with E-state index in [1.54, 1.807) is 30.3 Å². The van der Waals surface area contributed by atoms with Crippen LogP contribution in [0, 0.1) is 9.49 Å². The van der Waals surface area contributed by atoms with E-state index in [1.807, 2.05) is 23.1 Å². The first-order valence-electron chi connectivity index (χ1n) is 8.50. The minimum absolute atomic E-state index is 0.0717. The second kappa shape index (κ2) is 7.99. The molecule has 1 fully saturated rings. The topological polar surface area (TPSA) is 49.4 Å². The molecule has 2 aromatic carbocycles. The number of hydrogen-bond donors (Lipinski definition) is 1. The van der Waals surface area contributed by atoms with Crippen molar-refractivity contribution >= 4 is 40.1 Å². The lowest BCUT2D eigenvalue weighted by Crippen LogP contribution is -2.37. The first kappa shape index (κ1) is 17.9. The van der Waals surface area contributed by atoms with E-state index in [2.05, 4.69) is 34.8 Å². The van der Waals surface area contributed by atoms with Crippen LogP contribution in [0.3, 0.4) is 0 Å². The Hall–Kier alpha value is -1.89. The normalized spacial score (nSPS) is 15.0. The summed E-state index contributed by atoms with van der Waals surface area (Å²) >= 11 is 2.15. The average Bonchev–Trinajstić information content (AvgIpc) is 2.63. The third-order valence-corrected chi connectivity index (χ3v) is 5.52. The van der Waals surface area contributed by atoms with Gasteiger partial charge in [0.15, 0.2) is 0 Å². The van der Waals surface area contributed by atoms with E-state index in [9.17, 15) is 9.59 Å². The van der Waals surface area contributed by atoms with Crippen LogP contribution in [0.4, 0.5) is 5.69 Å². The highest BCUT2D eigenvalue weighted by Crippen LogP contribution is 2.20. The molecule has 0 atom stereocenters. The van der Waals surface area contributed by atoms with E-state index in [0.29, 0.717) is 22.7 Å². The second-order valence-corrected chi connectivity index (χ2v) is 7.65. The number of anilines is 1. The van der Waals surface area contributed by atoms with Crippen LogP contribution < -0.4 is 5.32 Å². The molecule has 0 bridgehead atoms. The van der Waals surface area contributed by atoms with Crippen LogP contribution in [-0.2, 0) is 0 Å². The summed E-state index contributed by atoms with van der Waals surface area (Å²) in [5.41, 5.74) is 2.00. The predicted octanol–water partition coefficient (Wildman–Crippen LogP) is 4.42. The van der Waals surface area contributed by atoms with Crippen LogP contribution >= 0.6 is 22.6 Å². The zero-order valence-electron chi connectivity index (χ0n) is 14.2. The standard InChI is InChI=1S/C20H21IN2O2/c1-14-10-12-23(13-11-14)20(25)15-6-8-16(9-7-15)22-19(24)17-4-2-3-5-18(17)21/h2-9,14H,10-13H2,1H3,(H,22,24). The fraction of sp³-hybridized carbons (Fsp3) is 0.300. The number of hydrogen-bond acceptors (Lipinski definition) is 2. The van der Waals surface area contributed by atoms with Crippen molar-refractivity contribution < 1.29 is 9.59 Å². The van der Waals surface area contributed by atoms with Crippen molar-refractivity contribution in [2.75, 3.05) is 18.4 Å². The van der Waals surface area contributed by atoms with Crippen molar-refractivity contribution in [1.82, 2.24) is 4.90 Å². The zero-order valence-corrected chi connectivity index (χ0v) is 16.3. The number of piperidine rings is 1. The van der Waals surface area contributed by atoms with Crippen molar-refractivity contribution in [3.63, 3.8) is 0 Å². The summed E-state index contributed by atoms with van der Waals surface area (Å²) in [4.78, 5) is 26.8. The van der Waals surface area contributed by atoms with Crippen molar-refractivity contribution in [2.45, 2.75) is 19.8 Å². The minimum Gasteiger partial charge on any atom is -0.339 e. The van der Waals surface area contributed by atoms with Gasteiger partial charge in [0.2, 0.25) is 0 Å². The molecule has 0 radical (unpaired) electrons. The van der Waals surface area contributed by atoms with Gasteiger partial charge in [0.05, 0.1) is 5.56 Å². The van der Waals surface area contributed by atoms with Crippen LogP contribution in [0.2, 0.25) is 0 Å². The minimum atomic E-state index is -0.144. The Morgan fingerprint density at radius 1 is 1.04 bits per heavy atom. The molecule has 0 aliphatic carbocycles. The third kappa shape index (κ3) is 4.39. The maximum Gasteiger partial charge on any atom is 0.256 e. The average molecular weight is 448 g/mol. The number of likely N-dealkylation sites (tertiary alicyclic amines) is 1. The fourth-order valence-corrected chi connectivity index (χ4v) is 3.57. The quantitative estimate of drug-likeness (QED) is 0.708. The molecule has 0 spiro atoms. The first-order valence-corrected chi connectivity index (χ1v) is 9.57. The summed E-state index contributed by atoms with van der Waals surface area (Å²) in [6, 6.07) is 14.6. The summed E-state index contributed by atoms with van der Waals surface area (Å²) in [5.74, 6) is 0.624. The van der Waals surface area contributed by atoms with Gasteiger partial charge in [-0.1, -0.05) is 19.1 Å². The lowest BCUT2D eigenvalue weighted by Gasteiger charge is -2.30. The third-order valence-electron chi connectivity index (χ3n) is 4.58. The smallest absolute Gasteiger partial charge is 0.256 e. The van der Waals surface area contributed by atoms with Gasteiger partial charge in [0.25, 0.3) is 11.8 Å². The number of amides is 2. The van der Waals surface area contributed by atoms with Crippen molar-refractivity contribution in [2.24, 2.45) is 5.92 Å². The number of benzene rings is 2. The second-order valence-electron chi connectivity index (χ2n) is 6.49. The molecule has 1 N–H and O–H groups in total. The molecular formula is C20H21IN2O2. The Morgan fingerprint density at radius 3 is 2.32 bits per heavy atom. The van der Waals surface area contributed by atoms with Gasteiger partial charge in [0.1, 0.15) is 0 Å². The SMILES string of the molecule is CC1CCN(C(=O)c2ccc(NC(=O)c3ccccc3I)cc2)CC1. The monoisotopic (exact) mass is 448 g/mol. The summed E-state index contributed by atoms with van der Waals surface area (Å²) in [5, 5.41) is 2.88. The van der Waals surface area contributed by atoms with E-state index in [4.69, 9.17) is 0 Å². The molecular weight excluding hydrogens is 427 g/mol. The number of carbonyl (C=O) groups is 2. The summed E-state index contributed by atoms with van der Waals surface area (Å²) < 4.78 is 0.906. The van der Waals surface area contributed by atoms with Crippen molar-refractivity contribution in [3.8, 4) is 0 Å². The van der Waals surface area contributed by atoms with Crippen LogP contribution in [0.1, 0.15) is 40.5 Å². The summed E-state index contributed by atoms with van der Waals surface area (Å²) in [7, 11) is 0. The van der Waals surface area contributed by atoms with E-state index in [-0.39, 0.29) is 11.8 Å². The summed E-state index contributed by atoms with van der Waals surface area (Å²) in [6.07, 6.45) is 2.13. The van der Waals surface area contributed by atoms with Crippen molar-refractivity contribution in [3.05, 3.63) is 63.2 Å². The van der Waals surface area contributed by atoms with Gasteiger partial charge in [-0.05, 0) is 77.7 Å². The highest BCUT2D eigenvalue weighted by atomic mass is 127. The molecule has 2 amide bonds. The molecule has 0 unspecified atom stereocenters. The predicted molar refractivity (Wildman–Crippen MR) is 108 cm³/mol. The van der Waals surface area contributed by atoms with E-state index in [1.165, 1.54) is 0 Å². The number of nitrogens with zero attached hydrogens (tertiary/aromatic N) is 1. The number of nitrogens with one attached hydrogen (secondary N) is 1. The number of rotatable bonds is 3. The first-order chi connectivity index (χ1) is 12.0. The molecule has 5 heteroatoms. The van der Waals surface area contributed by atoms with E-state index in [0.717, 1.165) is 29.5 Å². The van der Waals surface area contributed by atoms with Gasteiger partial charge in [-0.15, -0.1) is 0 Å². The Bertz CT molecular complexity index is 766. The van der Waals surface area contributed by atoms with Crippen molar-refractivity contribution in [1.29, 1.82) is 0 Å². The molecule has 1 aliphatic heterocycles. The highest BCUT2D eigenvalue weighted by molar-refractivity contribution is 14.1. The van der Waals surface area contributed by atoms with Gasteiger partial charge in [-0.3, -0.25) is 9.59 Å². The van der Waals surface area contributed by atoms with Gasteiger partial charge in [-0.2, -0.15) is 0 Å². The maximum atomic E-state index is 12.5.